The van der Waals surface area contributed by atoms with Gasteiger partial charge in [-0.15, -0.1) is 0 Å². The van der Waals surface area contributed by atoms with Crippen LogP contribution < -0.4 is 0 Å². The molecular weight excluding hydrogens is 194 g/mol. The van der Waals surface area contributed by atoms with Gasteiger partial charge in [0.15, 0.2) is 0 Å². The van der Waals surface area contributed by atoms with Gasteiger partial charge in [0.2, 0.25) is 6.08 Å². The summed E-state index contributed by atoms with van der Waals surface area (Å²) < 4.78 is 0. The molecule has 0 aromatic heterocycles. The number of carbonyl (C=O) groups excluding carboxylic acids is 1. The van der Waals surface area contributed by atoms with Crippen LogP contribution in [0.5, 0.6) is 0 Å². The van der Waals surface area contributed by atoms with Crippen molar-refractivity contribution in [1.29, 1.82) is 0 Å². The molecule has 0 spiro atoms. The Labute approximate surface area is 87.3 Å². The predicted molar refractivity (Wildman–Crippen MR) is 54.6 cm³/mol. The van der Waals surface area contributed by atoms with E-state index in [1.54, 1.807) is 12.1 Å². The van der Waals surface area contributed by atoms with Crippen molar-refractivity contribution in [1.82, 2.24) is 0 Å². The van der Waals surface area contributed by atoms with E-state index < -0.39 is 5.97 Å². The molecular formula is C11H11NO3. The third-order valence-corrected chi connectivity index (χ3v) is 2.14. The third kappa shape index (κ3) is 2.76. The molecule has 0 heterocycles. The molecule has 0 fully saturated rings. The zero-order valence-electron chi connectivity index (χ0n) is 8.30. The molecule has 0 bridgehead atoms. The minimum atomic E-state index is -0.964. The van der Waals surface area contributed by atoms with Gasteiger partial charge in [0.25, 0.3) is 0 Å². The van der Waals surface area contributed by atoms with E-state index in [0.29, 0.717) is 6.42 Å². The highest BCUT2D eigenvalue weighted by atomic mass is 16.4. The van der Waals surface area contributed by atoms with Gasteiger partial charge >= 0.3 is 5.97 Å². The second-order valence-corrected chi connectivity index (χ2v) is 3.07. The van der Waals surface area contributed by atoms with E-state index >= 15 is 0 Å². The molecule has 0 aliphatic carbocycles. The number of hydrogen-bond acceptors (Lipinski definition) is 3. The van der Waals surface area contributed by atoms with Gasteiger partial charge in [-0.2, -0.15) is 4.99 Å². The number of nitrogens with zero attached hydrogens (tertiary/aromatic N) is 1. The second-order valence-electron chi connectivity index (χ2n) is 3.07. The number of isocyanates is 1. The number of carboxylic acids is 1. The summed E-state index contributed by atoms with van der Waals surface area (Å²) in [7, 11) is 0. The van der Waals surface area contributed by atoms with E-state index in [1.807, 2.05) is 6.92 Å². The number of carboxylic acid groups (broad SMARTS) is 1. The van der Waals surface area contributed by atoms with Gasteiger partial charge in [0.1, 0.15) is 0 Å². The molecule has 0 aliphatic heterocycles. The van der Waals surface area contributed by atoms with Crippen molar-refractivity contribution in [2.45, 2.75) is 19.4 Å². The fourth-order valence-corrected chi connectivity index (χ4v) is 1.31. The van der Waals surface area contributed by atoms with Crippen molar-refractivity contribution in [2.75, 3.05) is 0 Å². The van der Waals surface area contributed by atoms with E-state index in [9.17, 15) is 9.59 Å². The largest absolute Gasteiger partial charge is 0.478 e. The number of rotatable bonds is 4. The summed E-state index contributed by atoms with van der Waals surface area (Å²) in [6, 6.07) is 6.10. The van der Waals surface area contributed by atoms with Crippen molar-refractivity contribution in [3.63, 3.8) is 0 Å². The van der Waals surface area contributed by atoms with Gasteiger partial charge in [0, 0.05) is 0 Å². The monoisotopic (exact) mass is 205 g/mol. The average molecular weight is 205 g/mol. The van der Waals surface area contributed by atoms with Crippen molar-refractivity contribution >= 4 is 12.0 Å². The molecule has 0 aliphatic rings. The quantitative estimate of drug-likeness (QED) is 0.605. The molecule has 1 unspecified atom stereocenters. The van der Waals surface area contributed by atoms with E-state index in [1.165, 1.54) is 18.2 Å². The molecule has 0 radical (unpaired) electrons. The standard InChI is InChI=1S/C11H11NO3/c1-2-10(12-7-13)8-3-5-9(6-4-8)11(14)15/h3-6,10H,2H2,1H3,(H,14,15). The fraction of sp³-hybridized carbons (Fsp3) is 0.273. The maximum absolute atomic E-state index is 10.6. The first-order chi connectivity index (χ1) is 7.19. The highest BCUT2D eigenvalue weighted by Gasteiger charge is 2.08. The van der Waals surface area contributed by atoms with Crippen LogP contribution in [0.4, 0.5) is 0 Å². The molecule has 1 rings (SSSR count). The Hall–Kier alpha value is -1.93. The topological polar surface area (TPSA) is 66.7 Å². The maximum atomic E-state index is 10.6. The lowest BCUT2D eigenvalue weighted by Crippen LogP contribution is -1.98. The summed E-state index contributed by atoms with van der Waals surface area (Å²) in [5.74, 6) is -0.964. The molecule has 78 valence electrons. The number of hydrogen-bond donors (Lipinski definition) is 1. The van der Waals surface area contributed by atoms with Crippen molar-refractivity contribution in [2.24, 2.45) is 4.99 Å². The molecule has 0 saturated heterocycles. The number of aliphatic imine (C=N–C) groups is 1. The third-order valence-electron chi connectivity index (χ3n) is 2.14. The SMILES string of the molecule is CCC(N=C=O)c1ccc(C(=O)O)cc1. The smallest absolute Gasteiger partial charge is 0.335 e. The first kappa shape index (κ1) is 11.1. The van der Waals surface area contributed by atoms with Crippen molar-refractivity contribution in [3.8, 4) is 0 Å². The van der Waals surface area contributed by atoms with Gasteiger partial charge < -0.3 is 5.11 Å². The Morgan fingerprint density at radius 2 is 2.07 bits per heavy atom. The molecule has 4 nitrogen and oxygen atoms in total. The van der Waals surface area contributed by atoms with Crippen LogP contribution >= 0.6 is 0 Å². The Morgan fingerprint density at radius 1 is 1.47 bits per heavy atom. The second kappa shape index (κ2) is 5.08. The van der Waals surface area contributed by atoms with Crippen molar-refractivity contribution < 1.29 is 14.7 Å². The summed E-state index contributed by atoms with van der Waals surface area (Å²) >= 11 is 0. The first-order valence-corrected chi connectivity index (χ1v) is 4.59. The summed E-state index contributed by atoms with van der Waals surface area (Å²) in [5, 5.41) is 8.69. The van der Waals surface area contributed by atoms with E-state index in [-0.39, 0.29) is 11.6 Å². The van der Waals surface area contributed by atoms with Crippen LogP contribution in [0.3, 0.4) is 0 Å². The number of aromatic carboxylic acids is 1. The van der Waals surface area contributed by atoms with Crippen LogP contribution in [0.25, 0.3) is 0 Å². The van der Waals surface area contributed by atoms with Gasteiger partial charge in [0.05, 0.1) is 11.6 Å². The normalized spacial score (nSPS) is 11.5. The molecule has 1 aromatic carbocycles. The fourth-order valence-electron chi connectivity index (χ4n) is 1.31. The maximum Gasteiger partial charge on any atom is 0.335 e. The molecule has 0 saturated carbocycles. The number of carbonyl (C=O) groups is 1. The first-order valence-electron chi connectivity index (χ1n) is 4.59. The predicted octanol–water partition coefficient (Wildman–Crippen LogP) is 2.17. The van der Waals surface area contributed by atoms with E-state index in [2.05, 4.69) is 4.99 Å². The summed E-state index contributed by atoms with van der Waals surface area (Å²) in [6.45, 7) is 1.90. The molecule has 1 aromatic rings. The van der Waals surface area contributed by atoms with Crippen LogP contribution in [-0.4, -0.2) is 17.2 Å². The molecule has 15 heavy (non-hydrogen) atoms. The Kier molecular flexibility index (Phi) is 3.77. The van der Waals surface area contributed by atoms with Crippen LogP contribution in [0.1, 0.15) is 35.3 Å². The summed E-state index contributed by atoms with van der Waals surface area (Å²) in [6.07, 6.45) is 2.20. The average Bonchev–Trinajstić information content (AvgIpc) is 2.26. The molecule has 1 N–H and O–H groups in total. The van der Waals surface area contributed by atoms with Crippen LogP contribution in [0, 0.1) is 0 Å². The molecule has 0 amide bonds. The molecule has 1 atom stereocenters. The van der Waals surface area contributed by atoms with Gasteiger partial charge in [-0.1, -0.05) is 19.1 Å². The van der Waals surface area contributed by atoms with Gasteiger partial charge in [-0.25, -0.2) is 9.59 Å². The van der Waals surface area contributed by atoms with Crippen LogP contribution in [0.2, 0.25) is 0 Å². The zero-order valence-corrected chi connectivity index (χ0v) is 8.30. The van der Waals surface area contributed by atoms with E-state index in [0.717, 1.165) is 5.56 Å². The lowest BCUT2D eigenvalue weighted by Gasteiger charge is -2.07. The lowest BCUT2D eigenvalue weighted by atomic mass is 10.0. The zero-order chi connectivity index (χ0) is 11.3. The Balaban J connectivity index is 2.96. The van der Waals surface area contributed by atoms with Crippen LogP contribution in [0.15, 0.2) is 29.3 Å². The number of benzene rings is 1. The van der Waals surface area contributed by atoms with Gasteiger partial charge in [-0.05, 0) is 24.1 Å². The Morgan fingerprint density at radius 3 is 2.47 bits per heavy atom. The highest BCUT2D eigenvalue weighted by molar-refractivity contribution is 5.87. The molecule has 4 heteroatoms. The minimum Gasteiger partial charge on any atom is -0.478 e. The summed E-state index contributed by atoms with van der Waals surface area (Å²) in [5.41, 5.74) is 1.05. The Bertz CT molecular complexity index is 391. The highest BCUT2D eigenvalue weighted by Crippen LogP contribution is 2.20. The minimum absolute atomic E-state index is 0.226. The lowest BCUT2D eigenvalue weighted by molar-refractivity contribution is 0.0697. The van der Waals surface area contributed by atoms with E-state index in [4.69, 9.17) is 5.11 Å². The summed E-state index contributed by atoms with van der Waals surface area (Å²) in [4.78, 5) is 24.4. The van der Waals surface area contributed by atoms with Crippen molar-refractivity contribution in [3.05, 3.63) is 35.4 Å². The van der Waals surface area contributed by atoms with Gasteiger partial charge in [-0.3, -0.25) is 0 Å². The van der Waals surface area contributed by atoms with Crippen LogP contribution in [-0.2, 0) is 4.79 Å².